The molecule has 3 aromatic rings. The van der Waals surface area contributed by atoms with Gasteiger partial charge in [0, 0.05) is 12.4 Å². The number of nitrogens with zero attached hydrogens (tertiary/aromatic N) is 3. The van der Waals surface area contributed by atoms with Gasteiger partial charge in [-0.05, 0) is 60.6 Å². The normalized spacial score (nSPS) is 13.6. The van der Waals surface area contributed by atoms with E-state index in [0.29, 0.717) is 6.61 Å². The Labute approximate surface area is 203 Å². The quantitative estimate of drug-likeness (QED) is 0.298. The fourth-order valence-corrected chi connectivity index (χ4v) is 2.97. The zero-order valence-electron chi connectivity index (χ0n) is 18.2. The molecule has 0 saturated carbocycles. The third kappa shape index (κ3) is 8.07. The van der Waals surface area contributed by atoms with Gasteiger partial charge < -0.3 is 14.8 Å². The molecule has 3 heterocycles. The number of ether oxygens (including phenoxy) is 1. The van der Waals surface area contributed by atoms with Gasteiger partial charge in [0.1, 0.15) is 12.4 Å². The maximum Gasteiger partial charge on any atom is 2.00 e. The van der Waals surface area contributed by atoms with Crippen LogP contribution in [-0.4, -0.2) is 17.0 Å². The average molecular weight is 489 g/mol. The van der Waals surface area contributed by atoms with E-state index in [1.54, 1.807) is 18.6 Å². The van der Waals surface area contributed by atoms with Crippen molar-refractivity contribution >= 4 is 17.6 Å². The van der Waals surface area contributed by atoms with Gasteiger partial charge in [0.05, 0.1) is 11.4 Å². The van der Waals surface area contributed by atoms with Gasteiger partial charge >= 0.3 is 17.1 Å². The molecule has 1 aromatic carbocycles. The van der Waals surface area contributed by atoms with Crippen LogP contribution in [0.1, 0.15) is 30.8 Å². The van der Waals surface area contributed by atoms with E-state index in [0.717, 1.165) is 40.0 Å². The first-order chi connectivity index (χ1) is 15.5. The minimum absolute atomic E-state index is 0. The number of aromatic nitrogens is 2. The van der Waals surface area contributed by atoms with Gasteiger partial charge in [0.25, 0.3) is 0 Å². The predicted octanol–water partition coefficient (Wildman–Crippen LogP) is 3.85. The second-order valence-corrected chi connectivity index (χ2v) is 6.92. The Morgan fingerprint density at radius 3 is 2.39 bits per heavy atom. The van der Waals surface area contributed by atoms with Gasteiger partial charge in [0.15, 0.2) is 5.78 Å². The van der Waals surface area contributed by atoms with Crippen LogP contribution in [0.2, 0.25) is 0 Å². The molecule has 0 unspecified atom stereocenters. The van der Waals surface area contributed by atoms with E-state index in [4.69, 9.17) is 4.74 Å². The van der Waals surface area contributed by atoms with Crippen molar-refractivity contribution in [3.05, 3.63) is 114 Å². The molecule has 0 atom stereocenters. The zero-order chi connectivity index (χ0) is 22.8. The first kappa shape index (κ1) is 25.6. The molecule has 0 saturated heterocycles. The fourth-order valence-electron chi connectivity index (χ4n) is 2.97. The Morgan fingerprint density at radius 2 is 1.88 bits per heavy atom. The summed E-state index contributed by atoms with van der Waals surface area (Å²) in [6, 6.07) is 17.7. The molecule has 0 fully saturated rings. The van der Waals surface area contributed by atoms with E-state index in [9.17, 15) is 9.90 Å². The van der Waals surface area contributed by atoms with Crippen LogP contribution in [0.25, 0.3) is 5.57 Å². The summed E-state index contributed by atoms with van der Waals surface area (Å²) in [5.74, 6) is 0.430. The first-order valence-corrected chi connectivity index (χ1v) is 10.0. The van der Waals surface area contributed by atoms with E-state index in [1.165, 1.54) is 13.8 Å². The summed E-state index contributed by atoms with van der Waals surface area (Å²) >= 11 is 0. The van der Waals surface area contributed by atoms with E-state index < -0.39 is 0 Å². The second kappa shape index (κ2) is 13.0. The van der Waals surface area contributed by atoms with E-state index in [-0.39, 0.29) is 28.6 Å². The van der Waals surface area contributed by atoms with Gasteiger partial charge in [0.2, 0.25) is 0 Å². The molecule has 33 heavy (non-hydrogen) atoms. The van der Waals surface area contributed by atoms with E-state index in [2.05, 4.69) is 15.0 Å². The summed E-state index contributed by atoms with van der Waals surface area (Å²) in [6.45, 7) is 3.15. The van der Waals surface area contributed by atoms with Gasteiger partial charge in [-0.3, -0.25) is 14.8 Å². The topological polar surface area (TPSA) is 88.7 Å². The van der Waals surface area contributed by atoms with Crippen molar-refractivity contribution in [3.8, 4) is 5.75 Å². The number of carbonyl (C=O) groups excluding carboxylic acids is 1. The molecule has 0 aliphatic carbocycles. The number of aliphatic imine (C=N–C) groups is 1. The number of hydrogen-bond acceptors (Lipinski definition) is 5. The summed E-state index contributed by atoms with van der Waals surface area (Å²) in [6.07, 6.45) is 10.3. The molecule has 1 aliphatic rings. The standard InChI is InChI=1S/C21H16N3O.C5H8O2.Cu/c1-2-12-22-17(5-1)15-25-18-10-8-16(9-11-18)21(19-6-3-13-23-19)20-7-4-14-24-20;1-4(6)3-5(2)7;/h1-14H,15H2;3,6H,1-2H3;/q-1;;+2/p-1/b21-19-;4-3-;. The van der Waals surface area contributed by atoms with Crippen molar-refractivity contribution in [3.63, 3.8) is 0 Å². The van der Waals surface area contributed by atoms with Crippen LogP contribution < -0.4 is 14.8 Å². The van der Waals surface area contributed by atoms with Crippen LogP contribution in [0.5, 0.6) is 5.75 Å². The number of pyridine rings is 1. The fraction of sp³-hybridized carbons (Fsp3) is 0.115. The number of ketones is 1. The van der Waals surface area contributed by atoms with Crippen molar-refractivity contribution in [1.82, 2.24) is 9.97 Å². The number of allylic oxidation sites excluding steroid dienone is 4. The molecule has 6 nitrogen and oxygen atoms in total. The van der Waals surface area contributed by atoms with Crippen LogP contribution in [0.15, 0.2) is 102 Å². The maximum atomic E-state index is 9.98. The third-order valence-corrected chi connectivity index (χ3v) is 4.28. The minimum atomic E-state index is -0.187. The molecule has 0 spiro atoms. The van der Waals surface area contributed by atoms with Gasteiger partial charge in [-0.2, -0.15) is 6.20 Å². The average Bonchev–Trinajstić information content (AvgIpc) is 3.49. The molecule has 4 rings (SSSR count). The smallest absolute Gasteiger partial charge is 0.876 e. The van der Waals surface area contributed by atoms with E-state index >= 15 is 0 Å². The molecule has 171 valence electrons. The maximum absolute atomic E-state index is 9.98. The molecule has 2 aromatic heterocycles. The Kier molecular flexibility index (Phi) is 10.1. The zero-order valence-corrected chi connectivity index (χ0v) is 19.2. The van der Waals surface area contributed by atoms with Crippen LogP contribution in [-0.2, 0) is 28.5 Å². The summed E-state index contributed by atoms with van der Waals surface area (Å²) in [5, 5.41) is 9.98. The Balaban J connectivity index is 0.000000423. The predicted molar refractivity (Wildman–Crippen MR) is 123 cm³/mol. The molecule has 1 radical (unpaired) electrons. The third-order valence-electron chi connectivity index (χ3n) is 4.28. The molecular weight excluding hydrogens is 466 g/mol. The summed E-state index contributed by atoms with van der Waals surface area (Å²) in [5.41, 5.74) is 4.82. The Bertz CT molecular complexity index is 1130. The number of rotatable bonds is 6. The molecule has 0 N–H and O–H groups in total. The van der Waals surface area contributed by atoms with Crippen LogP contribution in [0.4, 0.5) is 0 Å². The molecule has 0 bridgehead atoms. The molecular formula is C26H23CuN3O3. The number of carbonyl (C=O) groups is 1. The van der Waals surface area contributed by atoms with Crippen molar-refractivity contribution in [2.24, 2.45) is 4.99 Å². The van der Waals surface area contributed by atoms with Gasteiger partial charge in [-0.1, -0.05) is 37.3 Å². The van der Waals surface area contributed by atoms with Crippen molar-refractivity contribution in [2.75, 3.05) is 0 Å². The number of hydrogen-bond donors (Lipinski definition) is 0. The second-order valence-electron chi connectivity index (χ2n) is 6.92. The Morgan fingerprint density at radius 1 is 1.09 bits per heavy atom. The Hall–Kier alpha value is -3.67. The summed E-state index contributed by atoms with van der Waals surface area (Å²) < 4.78 is 5.81. The van der Waals surface area contributed by atoms with Gasteiger partial charge in [-0.15, -0.1) is 11.5 Å². The monoisotopic (exact) mass is 488 g/mol. The molecule has 0 amide bonds. The number of benzene rings is 1. The van der Waals surface area contributed by atoms with Crippen molar-refractivity contribution < 1.29 is 31.7 Å². The summed E-state index contributed by atoms with van der Waals surface area (Å²) in [4.78, 5) is 23.1. The van der Waals surface area contributed by atoms with Crippen LogP contribution in [0, 0.1) is 0 Å². The largest absolute Gasteiger partial charge is 2.00 e. The minimum Gasteiger partial charge on any atom is -0.876 e. The van der Waals surface area contributed by atoms with Crippen molar-refractivity contribution in [2.45, 2.75) is 20.5 Å². The van der Waals surface area contributed by atoms with Crippen LogP contribution >= 0.6 is 0 Å². The SMILES string of the molecule is C1=C/C(=C(\c2ccc(OCc3ccccn3)cc2)c2ccc[n-]2)N=C1.CC(=O)/C=C(/C)[O-].[Cu+2]. The summed E-state index contributed by atoms with van der Waals surface area (Å²) in [7, 11) is 0. The molecule has 7 heteroatoms. The van der Waals surface area contributed by atoms with Crippen molar-refractivity contribution in [1.29, 1.82) is 0 Å². The van der Waals surface area contributed by atoms with Crippen LogP contribution in [0.3, 0.4) is 0 Å². The van der Waals surface area contributed by atoms with E-state index in [1.807, 2.05) is 66.7 Å². The van der Waals surface area contributed by atoms with Gasteiger partial charge in [-0.25, -0.2) is 0 Å². The molecule has 1 aliphatic heterocycles. The first-order valence-electron chi connectivity index (χ1n) is 10.0.